The number of alkyl halides is 1. The molecule has 0 spiro atoms. The largest absolute Gasteiger partial charge is 0.296 e. The summed E-state index contributed by atoms with van der Waals surface area (Å²) in [6.45, 7) is 1.72. The summed E-state index contributed by atoms with van der Waals surface area (Å²) in [4.78, 5) is 2.06. The lowest BCUT2D eigenvalue weighted by molar-refractivity contribution is 0.194. The van der Waals surface area contributed by atoms with Crippen molar-refractivity contribution < 1.29 is 0 Å². The van der Waals surface area contributed by atoms with E-state index in [4.69, 9.17) is 11.6 Å². The third-order valence-corrected chi connectivity index (χ3v) is 1.25. The van der Waals surface area contributed by atoms with E-state index >= 15 is 0 Å². The molecule has 0 aromatic carbocycles. The Bertz CT molecular complexity index is 77.4. The Morgan fingerprint density at radius 3 is 2.30 bits per heavy atom. The lowest BCUT2D eigenvalue weighted by Crippen LogP contribution is -2.41. The Balaban J connectivity index is 3.12. The lowest BCUT2D eigenvalue weighted by Gasteiger charge is -2.19. The van der Waals surface area contributed by atoms with Gasteiger partial charge in [-0.3, -0.25) is 4.90 Å². The lowest BCUT2D eigenvalue weighted by atomic mass is 10.7. The van der Waals surface area contributed by atoms with Gasteiger partial charge in [0.2, 0.25) is 0 Å². The van der Waals surface area contributed by atoms with E-state index in [1.54, 1.807) is 0 Å². The molecule has 0 radical (unpaired) electrons. The van der Waals surface area contributed by atoms with Crippen molar-refractivity contribution in [3.8, 4) is 0 Å². The van der Waals surface area contributed by atoms with Gasteiger partial charge in [0.05, 0.1) is 6.67 Å². The van der Waals surface area contributed by atoms with Crippen molar-refractivity contribution in [1.82, 2.24) is 15.3 Å². The van der Waals surface area contributed by atoms with Crippen molar-refractivity contribution in [2.24, 2.45) is 0 Å². The first-order chi connectivity index (χ1) is 4.66. The van der Waals surface area contributed by atoms with Crippen LogP contribution in [0, 0.1) is 0 Å². The maximum atomic E-state index is 5.52. The second-order valence-electron chi connectivity index (χ2n) is 2.51. The molecule has 0 saturated heterocycles. The predicted molar refractivity (Wildman–Crippen MR) is 45.0 cm³/mol. The molecule has 62 valence electrons. The zero-order chi connectivity index (χ0) is 7.98. The van der Waals surface area contributed by atoms with Crippen molar-refractivity contribution in [2.75, 3.05) is 40.2 Å². The predicted octanol–water partition coefficient (Wildman–Crippen LogP) is 0.181. The first-order valence-corrected chi connectivity index (χ1v) is 3.85. The summed E-state index contributed by atoms with van der Waals surface area (Å²) < 4.78 is 0. The molecule has 0 heterocycles. The summed E-state index contributed by atoms with van der Waals surface area (Å²) in [5, 5.41) is 1.98. The van der Waals surface area contributed by atoms with Crippen LogP contribution in [0.4, 0.5) is 0 Å². The van der Waals surface area contributed by atoms with E-state index in [0.29, 0.717) is 5.88 Å². The standard InChI is InChI=1S/C6H16ClN3/c1-9(2)6-8-10(3)5-4-7/h8H,4-6H2,1-3H3. The normalized spacial score (nSPS) is 11.4. The number of halogens is 1. The van der Waals surface area contributed by atoms with Crippen LogP contribution >= 0.6 is 11.6 Å². The van der Waals surface area contributed by atoms with Gasteiger partial charge in [0, 0.05) is 19.5 Å². The first-order valence-electron chi connectivity index (χ1n) is 3.32. The van der Waals surface area contributed by atoms with Gasteiger partial charge in [-0.15, -0.1) is 11.6 Å². The Hall–Kier alpha value is 0.170. The van der Waals surface area contributed by atoms with E-state index in [1.165, 1.54) is 0 Å². The van der Waals surface area contributed by atoms with Crippen LogP contribution in [0.1, 0.15) is 0 Å². The highest BCUT2D eigenvalue weighted by Crippen LogP contribution is 1.79. The number of nitrogens with zero attached hydrogens (tertiary/aromatic N) is 2. The van der Waals surface area contributed by atoms with E-state index in [9.17, 15) is 0 Å². The van der Waals surface area contributed by atoms with Crippen LogP contribution in [0.25, 0.3) is 0 Å². The average Bonchev–Trinajstić information content (AvgIpc) is 1.85. The first kappa shape index (κ1) is 10.2. The third kappa shape index (κ3) is 6.29. The molecule has 0 fully saturated rings. The smallest absolute Gasteiger partial charge is 0.0612 e. The fourth-order valence-electron chi connectivity index (χ4n) is 0.468. The number of nitrogens with one attached hydrogen (secondary N) is 1. The van der Waals surface area contributed by atoms with E-state index in [1.807, 2.05) is 26.2 Å². The maximum absolute atomic E-state index is 5.52. The van der Waals surface area contributed by atoms with Gasteiger partial charge < -0.3 is 0 Å². The molecule has 0 aromatic heterocycles. The molecule has 0 amide bonds. The molecule has 0 aliphatic rings. The molecule has 0 saturated carbocycles. The summed E-state index contributed by atoms with van der Waals surface area (Å²) >= 11 is 5.52. The molecular formula is C6H16ClN3. The number of hydrogen-bond acceptors (Lipinski definition) is 3. The third-order valence-electron chi connectivity index (χ3n) is 1.08. The van der Waals surface area contributed by atoms with Crippen LogP contribution in [0.3, 0.4) is 0 Å². The summed E-state index contributed by atoms with van der Waals surface area (Å²) in [6, 6.07) is 0. The van der Waals surface area contributed by atoms with Crippen LogP contribution in [0.15, 0.2) is 0 Å². The van der Waals surface area contributed by atoms with Crippen LogP contribution < -0.4 is 5.43 Å². The molecule has 3 nitrogen and oxygen atoms in total. The summed E-state index contributed by atoms with van der Waals surface area (Å²) in [7, 11) is 6.01. The topological polar surface area (TPSA) is 18.5 Å². The van der Waals surface area contributed by atoms with E-state index in [-0.39, 0.29) is 0 Å². The van der Waals surface area contributed by atoms with Crippen LogP contribution in [0.2, 0.25) is 0 Å². The highest BCUT2D eigenvalue weighted by molar-refractivity contribution is 6.18. The molecule has 0 aromatic rings. The molecule has 0 aliphatic carbocycles. The van der Waals surface area contributed by atoms with Gasteiger partial charge in [0.15, 0.2) is 0 Å². The highest BCUT2D eigenvalue weighted by atomic mass is 35.5. The van der Waals surface area contributed by atoms with Gasteiger partial charge in [0.1, 0.15) is 0 Å². The second-order valence-corrected chi connectivity index (χ2v) is 2.88. The van der Waals surface area contributed by atoms with E-state index in [0.717, 1.165) is 13.2 Å². The monoisotopic (exact) mass is 165 g/mol. The van der Waals surface area contributed by atoms with Gasteiger partial charge in [0.25, 0.3) is 0 Å². The molecule has 0 atom stereocenters. The highest BCUT2D eigenvalue weighted by Gasteiger charge is 1.94. The Kier molecular flexibility index (Phi) is 6.02. The van der Waals surface area contributed by atoms with Gasteiger partial charge in [-0.25, -0.2) is 10.4 Å². The van der Waals surface area contributed by atoms with E-state index < -0.39 is 0 Å². The summed E-state index contributed by atoms with van der Waals surface area (Å²) in [5.41, 5.74) is 3.16. The van der Waals surface area contributed by atoms with Gasteiger partial charge in [-0.1, -0.05) is 0 Å². The van der Waals surface area contributed by atoms with Crippen LogP contribution in [-0.2, 0) is 0 Å². The minimum absolute atomic E-state index is 0.664. The summed E-state index contributed by atoms with van der Waals surface area (Å²) in [6.07, 6.45) is 0. The van der Waals surface area contributed by atoms with E-state index in [2.05, 4.69) is 10.3 Å². The maximum Gasteiger partial charge on any atom is 0.0612 e. The minimum atomic E-state index is 0.664. The van der Waals surface area contributed by atoms with Gasteiger partial charge in [-0.2, -0.15) is 0 Å². The zero-order valence-corrected chi connectivity index (χ0v) is 7.65. The molecule has 10 heavy (non-hydrogen) atoms. The second kappa shape index (κ2) is 5.92. The van der Waals surface area contributed by atoms with Crippen molar-refractivity contribution >= 4 is 11.6 Å². The fourth-order valence-corrected chi connectivity index (χ4v) is 0.722. The Morgan fingerprint density at radius 1 is 1.30 bits per heavy atom. The molecule has 1 N–H and O–H groups in total. The number of hydrogen-bond donors (Lipinski definition) is 1. The van der Waals surface area contributed by atoms with Crippen molar-refractivity contribution in [1.29, 1.82) is 0 Å². The molecular weight excluding hydrogens is 150 g/mol. The SMILES string of the molecule is CN(C)CNN(C)CCCl. The fraction of sp³-hybridized carbons (Fsp3) is 1.00. The zero-order valence-electron chi connectivity index (χ0n) is 6.89. The van der Waals surface area contributed by atoms with Crippen molar-refractivity contribution in [3.05, 3.63) is 0 Å². The van der Waals surface area contributed by atoms with Crippen molar-refractivity contribution in [2.45, 2.75) is 0 Å². The van der Waals surface area contributed by atoms with Crippen LogP contribution in [0.5, 0.6) is 0 Å². The number of rotatable bonds is 5. The van der Waals surface area contributed by atoms with Gasteiger partial charge in [-0.05, 0) is 14.1 Å². The minimum Gasteiger partial charge on any atom is -0.296 e. The Morgan fingerprint density at radius 2 is 1.90 bits per heavy atom. The van der Waals surface area contributed by atoms with Crippen LogP contribution in [-0.4, -0.2) is 50.1 Å². The molecule has 0 aliphatic heterocycles. The Labute approximate surface area is 67.9 Å². The van der Waals surface area contributed by atoms with Gasteiger partial charge >= 0.3 is 0 Å². The molecule has 0 rings (SSSR count). The molecule has 0 bridgehead atoms. The summed E-state index contributed by atoms with van der Waals surface area (Å²) in [5.74, 6) is 0.664. The number of hydrazine groups is 1. The quantitative estimate of drug-likeness (QED) is 0.356. The molecule has 4 heteroatoms. The average molecular weight is 166 g/mol. The van der Waals surface area contributed by atoms with Crippen molar-refractivity contribution in [3.63, 3.8) is 0 Å². The molecule has 0 unspecified atom stereocenters.